The minimum Gasteiger partial charge on any atom is -0.476 e. The van der Waals surface area contributed by atoms with Crippen molar-refractivity contribution in [3.63, 3.8) is 0 Å². The highest BCUT2D eigenvalue weighted by molar-refractivity contribution is 6.31. The number of ether oxygens (including phenoxy) is 1. The number of H-pyrrole nitrogens is 1. The van der Waals surface area contributed by atoms with E-state index in [9.17, 15) is 4.79 Å². The molecule has 3 aromatic carbocycles. The van der Waals surface area contributed by atoms with Gasteiger partial charge in [0.15, 0.2) is 0 Å². The van der Waals surface area contributed by atoms with Crippen molar-refractivity contribution in [1.82, 2.24) is 24.4 Å². The molecule has 246 valence electrons. The number of aromatic nitrogens is 4. The number of halogens is 2. The normalized spacial score (nSPS) is 12.0. The lowest BCUT2D eigenvalue weighted by Gasteiger charge is -2.19. The van der Waals surface area contributed by atoms with Gasteiger partial charge in [0, 0.05) is 44.8 Å². The van der Waals surface area contributed by atoms with Gasteiger partial charge in [0.25, 0.3) is 5.91 Å². The molecule has 3 heterocycles. The van der Waals surface area contributed by atoms with Crippen LogP contribution in [0.4, 0.5) is 5.69 Å². The largest absolute Gasteiger partial charge is 0.476 e. The van der Waals surface area contributed by atoms with Gasteiger partial charge in [-0.05, 0) is 68.4 Å². The van der Waals surface area contributed by atoms with Crippen molar-refractivity contribution >= 4 is 45.7 Å². The fraction of sp³-hybridized carbons (Fsp3) is 0.237. The number of benzene rings is 3. The molecule has 0 aliphatic heterocycles. The van der Waals surface area contributed by atoms with Crippen molar-refractivity contribution in [3.05, 3.63) is 119 Å². The van der Waals surface area contributed by atoms with Crippen LogP contribution in [-0.4, -0.2) is 56.6 Å². The minimum atomic E-state index is -0.343. The summed E-state index contributed by atoms with van der Waals surface area (Å²) in [6.45, 7) is 9.79. The van der Waals surface area contributed by atoms with Gasteiger partial charge in [-0.25, -0.2) is 9.97 Å². The Bertz CT molecular complexity index is 2000. The summed E-state index contributed by atoms with van der Waals surface area (Å²) in [6, 6.07) is 26.8. The van der Waals surface area contributed by atoms with E-state index in [1.54, 1.807) is 18.3 Å². The summed E-state index contributed by atoms with van der Waals surface area (Å²) in [7, 11) is 0. The van der Waals surface area contributed by atoms with Crippen LogP contribution in [0, 0.1) is 0 Å². The first-order valence-corrected chi connectivity index (χ1v) is 16.9. The van der Waals surface area contributed by atoms with Gasteiger partial charge in [0.1, 0.15) is 11.4 Å². The zero-order valence-electron chi connectivity index (χ0n) is 27.2. The van der Waals surface area contributed by atoms with Gasteiger partial charge in [0.05, 0.1) is 30.4 Å². The number of pyridine rings is 1. The second kappa shape index (κ2) is 15.1. The molecule has 0 radical (unpaired) electrons. The van der Waals surface area contributed by atoms with Gasteiger partial charge >= 0.3 is 0 Å². The molecule has 0 bridgehead atoms. The zero-order valence-corrected chi connectivity index (χ0v) is 28.7. The summed E-state index contributed by atoms with van der Waals surface area (Å²) in [4.78, 5) is 29.5. The van der Waals surface area contributed by atoms with Gasteiger partial charge in [-0.15, -0.1) is 0 Å². The predicted molar refractivity (Wildman–Crippen MR) is 195 cm³/mol. The van der Waals surface area contributed by atoms with Crippen molar-refractivity contribution in [3.8, 4) is 28.4 Å². The van der Waals surface area contributed by atoms with Gasteiger partial charge < -0.3 is 24.5 Å². The summed E-state index contributed by atoms with van der Waals surface area (Å²) in [6.07, 6.45) is 4.34. The lowest BCUT2D eigenvalue weighted by Crippen LogP contribution is -2.25. The van der Waals surface area contributed by atoms with E-state index < -0.39 is 0 Å². The molecule has 6 aromatic rings. The number of hydrogen-bond acceptors (Lipinski definition) is 5. The van der Waals surface area contributed by atoms with Crippen LogP contribution in [0.25, 0.3) is 33.4 Å². The lowest BCUT2D eigenvalue weighted by atomic mass is 9.99. The number of imidazole rings is 1. The second-order valence-electron chi connectivity index (χ2n) is 11.5. The van der Waals surface area contributed by atoms with E-state index in [-0.39, 0.29) is 11.9 Å². The van der Waals surface area contributed by atoms with E-state index >= 15 is 0 Å². The third kappa shape index (κ3) is 7.11. The average Bonchev–Trinajstić information content (AvgIpc) is 3.71. The Hall–Kier alpha value is -4.63. The van der Waals surface area contributed by atoms with Crippen LogP contribution in [0.3, 0.4) is 0 Å². The van der Waals surface area contributed by atoms with Crippen LogP contribution in [0.15, 0.2) is 97.5 Å². The number of carbonyl (C=O) groups excluding carboxylic acids is 1. The Kier molecular flexibility index (Phi) is 10.4. The van der Waals surface area contributed by atoms with E-state index in [2.05, 4.69) is 45.5 Å². The van der Waals surface area contributed by atoms with E-state index in [0.717, 1.165) is 59.5 Å². The highest BCUT2D eigenvalue weighted by Gasteiger charge is 2.28. The SMILES string of the molecule is CCN(CC)CCCOc1ncccc1NC(=O)c1[nH]c2cc(Cl)ccc2c1-c1c(-c2ccccc2)ncn1[C@@H](C)c1ccc(Cl)cc1. The average molecular weight is 682 g/mol. The number of fused-ring (bicyclic) bond motifs is 1. The summed E-state index contributed by atoms with van der Waals surface area (Å²) in [5, 5.41) is 5.14. The topological polar surface area (TPSA) is 88.1 Å². The quantitative estimate of drug-likeness (QED) is 0.119. The second-order valence-corrected chi connectivity index (χ2v) is 12.4. The van der Waals surface area contributed by atoms with Crippen LogP contribution >= 0.6 is 23.2 Å². The van der Waals surface area contributed by atoms with Crippen molar-refractivity contribution in [2.75, 3.05) is 31.6 Å². The maximum absolute atomic E-state index is 14.4. The number of anilines is 1. The lowest BCUT2D eigenvalue weighted by molar-refractivity contribution is 0.102. The molecule has 3 aromatic heterocycles. The Morgan fingerprint density at radius 1 is 0.958 bits per heavy atom. The first-order chi connectivity index (χ1) is 23.4. The molecule has 0 unspecified atom stereocenters. The third-order valence-corrected chi connectivity index (χ3v) is 9.09. The smallest absolute Gasteiger partial charge is 0.272 e. The number of nitrogens with one attached hydrogen (secondary N) is 2. The number of carbonyl (C=O) groups is 1. The number of nitrogens with zero attached hydrogens (tertiary/aromatic N) is 4. The highest BCUT2D eigenvalue weighted by atomic mass is 35.5. The first-order valence-electron chi connectivity index (χ1n) is 16.2. The Labute approximate surface area is 290 Å². The zero-order chi connectivity index (χ0) is 33.6. The van der Waals surface area contributed by atoms with Crippen LogP contribution in [0.2, 0.25) is 10.0 Å². The van der Waals surface area contributed by atoms with Gasteiger partial charge in [-0.3, -0.25) is 4.79 Å². The fourth-order valence-electron chi connectivity index (χ4n) is 5.98. The molecule has 0 aliphatic carbocycles. The summed E-state index contributed by atoms with van der Waals surface area (Å²) < 4.78 is 8.18. The molecule has 0 spiro atoms. The maximum atomic E-state index is 14.4. The summed E-state index contributed by atoms with van der Waals surface area (Å²) in [5.74, 6) is 0.0294. The van der Waals surface area contributed by atoms with Crippen LogP contribution in [-0.2, 0) is 0 Å². The number of hydrogen-bond donors (Lipinski definition) is 2. The number of rotatable bonds is 13. The molecular weight excluding hydrogens is 643 g/mol. The van der Waals surface area contributed by atoms with Crippen molar-refractivity contribution < 1.29 is 9.53 Å². The molecule has 1 atom stereocenters. The van der Waals surface area contributed by atoms with Crippen molar-refractivity contribution in [2.45, 2.75) is 33.2 Å². The number of amides is 1. The van der Waals surface area contributed by atoms with E-state index in [1.165, 1.54) is 0 Å². The van der Waals surface area contributed by atoms with Crippen molar-refractivity contribution in [1.29, 1.82) is 0 Å². The minimum absolute atomic E-state index is 0.134. The van der Waals surface area contributed by atoms with E-state index in [1.807, 2.05) is 79.1 Å². The molecule has 2 N–H and O–H groups in total. The molecular formula is C38H38Cl2N6O2. The Morgan fingerprint density at radius 2 is 1.71 bits per heavy atom. The van der Waals surface area contributed by atoms with E-state index in [0.29, 0.717) is 39.5 Å². The Balaban J connectivity index is 1.43. The van der Waals surface area contributed by atoms with Gasteiger partial charge in [-0.1, -0.05) is 85.6 Å². The molecule has 0 saturated heterocycles. The molecule has 0 fully saturated rings. The molecule has 8 nitrogen and oxygen atoms in total. The van der Waals surface area contributed by atoms with E-state index in [4.69, 9.17) is 32.9 Å². The van der Waals surface area contributed by atoms with Gasteiger partial charge in [0.2, 0.25) is 5.88 Å². The van der Waals surface area contributed by atoms with Crippen LogP contribution in [0.5, 0.6) is 5.88 Å². The number of aromatic amines is 1. The summed E-state index contributed by atoms with van der Waals surface area (Å²) in [5.41, 5.74) is 5.81. The molecule has 10 heteroatoms. The predicted octanol–water partition coefficient (Wildman–Crippen LogP) is 9.37. The molecule has 6 rings (SSSR count). The third-order valence-electron chi connectivity index (χ3n) is 8.61. The first kappa shape index (κ1) is 33.3. The molecule has 0 aliphatic rings. The molecule has 1 amide bonds. The van der Waals surface area contributed by atoms with Crippen LogP contribution < -0.4 is 10.1 Å². The Morgan fingerprint density at radius 3 is 2.46 bits per heavy atom. The standard InChI is InChI=1S/C38H38Cl2N6O2/c1-4-45(5-2)21-10-22-48-38-31(13-9-20-41-38)44-37(47)35-33(30-19-18-29(40)23-32(30)43-35)36-34(27-11-7-6-8-12-27)42-24-46(36)25(3)26-14-16-28(39)17-15-26/h6-9,11-20,23-25,43H,4-5,10,21-22H2,1-3H3,(H,44,47)/t25-/m0/s1. The van der Waals surface area contributed by atoms with Gasteiger partial charge in [-0.2, -0.15) is 0 Å². The molecule has 48 heavy (non-hydrogen) atoms. The monoisotopic (exact) mass is 680 g/mol. The maximum Gasteiger partial charge on any atom is 0.272 e. The molecule has 0 saturated carbocycles. The van der Waals surface area contributed by atoms with Crippen molar-refractivity contribution in [2.24, 2.45) is 0 Å². The summed E-state index contributed by atoms with van der Waals surface area (Å²) >= 11 is 12.7. The van der Waals surface area contributed by atoms with Crippen LogP contribution in [0.1, 0.15) is 49.3 Å². The highest BCUT2D eigenvalue weighted by Crippen LogP contribution is 2.41. The fourth-order valence-corrected chi connectivity index (χ4v) is 6.28.